The van der Waals surface area contributed by atoms with Crippen molar-refractivity contribution in [3.63, 3.8) is 0 Å². The van der Waals surface area contributed by atoms with Crippen LogP contribution in [0, 0.1) is 6.92 Å². The smallest absolute Gasteiger partial charge is 0.226 e. The summed E-state index contributed by atoms with van der Waals surface area (Å²) < 4.78 is 10.6. The van der Waals surface area contributed by atoms with Crippen molar-refractivity contribution in [2.45, 2.75) is 19.9 Å². The number of anilines is 1. The average molecular weight is 246 g/mol. The summed E-state index contributed by atoms with van der Waals surface area (Å²) in [4.78, 5) is 4.22. The van der Waals surface area contributed by atoms with E-state index in [0.717, 1.165) is 17.0 Å². The van der Waals surface area contributed by atoms with Gasteiger partial charge in [-0.3, -0.25) is 0 Å². The summed E-state index contributed by atoms with van der Waals surface area (Å²) in [6.45, 7) is 4.63. The molecule has 2 rings (SSSR count). The van der Waals surface area contributed by atoms with Gasteiger partial charge in [0.05, 0.1) is 12.8 Å². The molecule has 0 spiro atoms. The molecule has 1 unspecified atom stereocenters. The Balaban J connectivity index is 2.15. The zero-order valence-electron chi connectivity index (χ0n) is 10.9. The number of ether oxygens (including phenoxy) is 1. The number of aryl methyl sites for hydroxylation is 1. The second-order valence-electron chi connectivity index (χ2n) is 4.36. The SMILES string of the molecule is COCC(C)Nc1cccc(-c2ncc(C)o2)c1. The monoisotopic (exact) mass is 246 g/mol. The van der Waals surface area contributed by atoms with Crippen molar-refractivity contribution in [2.75, 3.05) is 19.0 Å². The lowest BCUT2D eigenvalue weighted by Crippen LogP contribution is -2.20. The van der Waals surface area contributed by atoms with E-state index in [2.05, 4.69) is 17.2 Å². The fourth-order valence-electron chi connectivity index (χ4n) is 1.81. The van der Waals surface area contributed by atoms with E-state index in [1.54, 1.807) is 13.3 Å². The van der Waals surface area contributed by atoms with Crippen LogP contribution in [0.15, 0.2) is 34.9 Å². The molecule has 1 aromatic heterocycles. The van der Waals surface area contributed by atoms with E-state index in [9.17, 15) is 0 Å². The van der Waals surface area contributed by atoms with Crippen LogP contribution < -0.4 is 5.32 Å². The minimum atomic E-state index is 0.261. The standard InChI is InChI=1S/C14H18N2O2/c1-10(9-17-3)16-13-6-4-5-12(7-13)14-15-8-11(2)18-14/h4-8,10,16H,9H2,1-3H3. The first-order chi connectivity index (χ1) is 8.69. The van der Waals surface area contributed by atoms with Gasteiger partial charge in [0.1, 0.15) is 5.76 Å². The van der Waals surface area contributed by atoms with Gasteiger partial charge in [0, 0.05) is 24.4 Å². The Hall–Kier alpha value is -1.81. The van der Waals surface area contributed by atoms with Crippen LogP contribution >= 0.6 is 0 Å². The molecule has 0 fully saturated rings. The van der Waals surface area contributed by atoms with Crippen molar-refractivity contribution < 1.29 is 9.15 Å². The summed E-state index contributed by atoms with van der Waals surface area (Å²) in [5.74, 6) is 1.46. The third kappa shape index (κ3) is 3.11. The van der Waals surface area contributed by atoms with Gasteiger partial charge in [-0.25, -0.2) is 4.98 Å². The normalized spacial score (nSPS) is 12.4. The van der Waals surface area contributed by atoms with Gasteiger partial charge in [-0.05, 0) is 32.0 Å². The Morgan fingerprint density at radius 3 is 2.94 bits per heavy atom. The van der Waals surface area contributed by atoms with Crippen LogP contribution in [-0.4, -0.2) is 24.7 Å². The summed E-state index contributed by atoms with van der Waals surface area (Å²) in [5.41, 5.74) is 2.01. The summed E-state index contributed by atoms with van der Waals surface area (Å²) >= 11 is 0. The maximum Gasteiger partial charge on any atom is 0.226 e. The number of hydrogen-bond donors (Lipinski definition) is 1. The maximum atomic E-state index is 5.51. The van der Waals surface area contributed by atoms with Gasteiger partial charge in [-0.1, -0.05) is 6.07 Å². The van der Waals surface area contributed by atoms with E-state index in [1.165, 1.54) is 0 Å². The van der Waals surface area contributed by atoms with Crippen LogP contribution in [0.5, 0.6) is 0 Å². The minimum absolute atomic E-state index is 0.261. The molecule has 0 amide bonds. The molecule has 0 aliphatic carbocycles. The third-order valence-electron chi connectivity index (χ3n) is 2.56. The maximum absolute atomic E-state index is 5.51. The summed E-state index contributed by atoms with van der Waals surface area (Å²) in [7, 11) is 1.70. The quantitative estimate of drug-likeness (QED) is 0.880. The number of oxazole rings is 1. The molecule has 2 aromatic rings. The van der Waals surface area contributed by atoms with Gasteiger partial charge in [-0.2, -0.15) is 0 Å². The second-order valence-corrected chi connectivity index (χ2v) is 4.36. The lowest BCUT2D eigenvalue weighted by molar-refractivity contribution is 0.190. The molecule has 0 radical (unpaired) electrons. The van der Waals surface area contributed by atoms with E-state index in [0.29, 0.717) is 12.5 Å². The predicted molar refractivity (Wildman–Crippen MR) is 71.6 cm³/mol. The van der Waals surface area contributed by atoms with E-state index >= 15 is 0 Å². The minimum Gasteiger partial charge on any atom is -0.441 e. The Kier molecular flexibility index (Phi) is 3.99. The molecular formula is C14H18N2O2. The van der Waals surface area contributed by atoms with Crippen LogP contribution in [0.25, 0.3) is 11.5 Å². The molecule has 0 aliphatic rings. The molecule has 1 heterocycles. The molecule has 0 aliphatic heterocycles. The van der Waals surface area contributed by atoms with Crippen LogP contribution in [0.4, 0.5) is 5.69 Å². The lowest BCUT2D eigenvalue weighted by atomic mass is 10.2. The molecule has 1 atom stereocenters. The molecule has 4 heteroatoms. The van der Waals surface area contributed by atoms with Gasteiger partial charge in [0.15, 0.2) is 0 Å². The highest BCUT2D eigenvalue weighted by atomic mass is 16.5. The summed E-state index contributed by atoms with van der Waals surface area (Å²) in [6, 6.07) is 8.27. The summed E-state index contributed by atoms with van der Waals surface area (Å²) in [5, 5.41) is 3.37. The van der Waals surface area contributed by atoms with Crippen LogP contribution in [0.1, 0.15) is 12.7 Å². The van der Waals surface area contributed by atoms with Crippen molar-refractivity contribution in [1.29, 1.82) is 0 Å². The van der Waals surface area contributed by atoms with Gasteiger partial charge < -0.3 is 14.5 Å². The van der Waals surface area contributed by atoms with Crippen molar-refractivity contribution in [3.8, 4) is 11.5 Å². The Labute approximate surface area is 107 Å². The second kappa shape index (κ2) is 5.69. The zero-order valence-corrected chi connectivity index (χ0v) is 10.9. The van der Waals surface area contributed by atoms with Gasteiger partial charge >= 0.3 is 0 Å². The van der Waals surface area contributed by atoms with Gasteiger partial charge in [-0.15, -0.1) is 0 Å². The lowest BCUT2D eigenvalue weighted by Gasteiger charge is -2.14. The molecule has 4 nitrogen and oxygen atoms in total. The molecule has 18 heavy (non-hydrogen) atoms. The average Bonchev–Trinajstić information content (AvgIpc) is 2.76. The fourth-order valence-corrected chi connectivity index (χ4v) is 1.81. The molecule has 0 bridgehead atoms. The third-order valence-corrected chi connectivity index (χ3v) is 2.56. The van der Waals surface area contributed by atoms with E-state index in [1.807, 2.05) is 31.2 Å². The molecule has 1 aromatic carbocycles. The van der Waals surface area contributed by atoms with Crippen molar-refractivity contribution in [3.05, 3.63) is 36.2 Å². The first kappa shape index (κ1) is 12.6. The fraction of sp³-hybridized carbons (Fsp3) is 0.357. The van der Waals surface area contributed by atoms with Crippen LogP contribution in [0.2, 0.25) is 0 Å². The molecular weight excluding hydrogens is 228 g/mol. The number of nitrogens with zero attached hydrogens (tertiary/aromatic N) is 1. The van der Waals surface area contributed by atoms with Gasteiger partial charge in [0.25, 0.3) is 0 Å². The van der Waals surface area contributed by atoms with Crippen LogP contribution in [-0.2, 0) is 4.74 Å². The number of benzene rings is 1. The Morgan fingerprint density at radius 2 is 2.28 bits per heavy atom. The van der Waals surface area contributed by atoms with E-state index in [-0.39, 0.29) is 6.04 Å². The number of rotatable bonds is 5. The largest absolute Gasteiger partial charge is 0.441 e. The van der Waals surface area contributed by atoms with Crippen LogP contribution in [0.3, 0.4) is 0 Å². The van der Waals surface area contributed by atoms with Crippen molar-refractivity contribution in [2.24, 2.45) is 0 Å². The van der Waals surface area contributed by atoms with Crippen molar-refractivity contribution in [1.82, 2.24) is 4.98 Å². The topological polar surface area (TPSA) is 47.3 Å². The molecule has 0 saturated carbocycles. The number of aromatic nitrogens is 1. The van der Waals surface area contributed by atoms with Crippen molar-refractivity contribution >= 4 is 5.69 Å². The Morgan fingerprint density at radius 1 is 1.44 bits per heavy atom. The molecule has 1 N–H and O–H groups in total. The highest BCUT2D eigenvalue weighted by molar-refractivity contribution is 5.61. The number of hydrogen-bond acceptors (Lipinski definition) is 4. The first-order valence-corrected chi connectivity index (χ1v) is 5.97. The number of methoxy groups -OCH3 is 1. The Bertz CT molecular complexity index is 508. The van der Waals surface area contributed by atoms with Gasteiger partial charge in [0.2, 0.25) is 5.89 Å². The van der Waals surface area contributed by atoms with E-state index < -0.39 is 0 Å². The molecule has 0 saturated heterocycles. The highest BCUT2D eigenvalue weighted by Gasteiger charge is 2.06. The number of nitrogens with one attached hydrogen (secondary N) is 1. The van der Waals surface area contributed by atoms with E-state index in [4.69, 9.17) is 9.15 Å². The predicted octanol–water partition coefficient (Wildman–Crippen LogP) is 3.10. The highest BCUT2D eigenvalue weighted by Crippen LogP contribution is 2.22. The molecule has 96 valence electrons. The zero-order chi connectivity index (χ0) is 13.0. The summed E-state index contributed by atoms with van der Waals surface area (Å²) in [6.07, 6.45) is 1.73. The first-order valence-electron chi connectivity index (χ1n) is 5.97.